The molecule has 1 aromatic heterocycles. The first-order valence-electron chi connectivity index (χ1n) is 8.42. The maximum absolute atomic E-state index is 12.6. The van der Waals surface area contributed by atoms with Crippen LogP contribution >= 0.6 is 0 Å². The molecule has 7 heteroatoms. The number of ether oxygens (including phenoxy) is 1. The molecule has 0 aliphatic carbocycles. The van der Waals surface area contributed by atoms with Crippen molar-refractivity contribution in [2.75, 3.05) is 5.32 Å². The number of nitrogens with one attached hydrogen (secondary N) is 1. The van der Waals surface area contributed by atoms with Crippen molar-refractivity contribution in [1.29, 1.82) is 0 Å². The van der Waals surface area contributed by atoms with Crippen LogP contribution in [0, 0.1) is 6.92 Å². The van der Waals surface area contributed by atoms with Crippen LogP contribution in [0.25, 0.3) is 10.8 Å². The van der Waals surface area contributed by atoms with Gasteiger partial charge in [-0.1, -0.05) is 36.4 Å². The molecular weight excluding hydrogens is 346 g/mol. The maximum atomic E-state index is 12.6. The number of para-hydroxylation sites is 1. The van der Waals surface area contributed by atoms with Gasteiger partial charge in [-0.25, -0.2) is 9.48 Å². The summed E-state index contributed by atoms with van der Waals surface area (Å²) in [5.41, 5.74) is 1.22. The molecule has 0 saturated heterocycles. The van der Waals surface area contributed by atoms with E-state index in [2.05, 4.69) is 10.4 Å². The molecule has 1 amide bonds. The minimum Gasteiger partial charge on any atom is -0.448 e. The number of benzene rings is 2. The Morgan fingerprint density at radius 3 is 2.41 bits per heavy atom. The summed E-state index contributed by atoms with van der Waals surface area (Å²) in [5.74, 6) is -1.22. The molecular formula is C20H19N3O4. The molecule has 27 heavy (non-hydrogen) atoms. The Bertz CT molecular complexity index is 1090. The average Bonchev–Trinajstić information content (AvgIpc) is 2.66. The summed E-state index contributed by atoms with van der Waals surface area (Å²) in [6, 6.07) is 14.0. The summed E-state index contributed by atoms with van der Waals surface area (Å²) in [6.07, 6.45) is -1.03. The number of rotatable bonds is 4. The molecule has 3 rings (SSSR count). The van der Waals surface area contributed by atoms with Crippen molar-refractivity contribution in [3.63, 3.8) is 0 Å². The molecule has 1 unspecified atom stereocenters. The normalized spacial score (nSPS) is 11.8. The van der Waals surface area contributed by atoms with Crippen LogP contribution in [0.1, 0.15) is 23.0 Å². The lowest BCUT2D eigenvalue weighted by molar-refractivity contribution is -0.123. The van der Waals surface area contributed by atoms with Crippen LogP contribution in [0.15, 0.2) is 53.3 Å². The summed E-state index contributed by atoms with van der Waals surface area (Å²) >= 11 is 0. The predicted octanol–water partition coefficient (Wildman–Crippen LogP) is 2.43. The van der Waals surface area contributed by atoms with E-state index in [1.165, 1.54) is 14.0 Å². The maximum Gasteiger partial charge on any atom is 0.360 e. The van der Waals surface area contributed by atoms with E-state index in [0.29, 0.717) is 16.5 Å². The SMILES string of the molecule is Cc1ccccc1NC(=O)C(C)OC(=O)c1nn(C)c(=O)c2ccccc12. The third kappa shape index (κ3) is 3.72. The van der Waals surface area contributed by atoms with E-state index >= 15 is 0 Å². The number of nitrogens with zero attached hydrogens (tertiary/aromatic N) is 2. The average molecular weight is 365 g/mol. The Labute approximate surface area is 155 Å². The van der Waals surface area contributed by atoms with E-state index in [4.69, 9.17) is 4.74 Å². The first-order valence-corrected chi connectivity index (χ1v) is 8.42. The standard InChI is InChI=1S/C20H19N3O4/c1-12-8-4-7-11-16(12)21-18(24)13(2)27-20(26)17-14-9-5-6-10-15(14)19(25)23(3)22-17/h4-11,13H,1-3H3,(H,21,24). The summed E-state index contributed by atoms with van der Waals surface area (Å²) in [5, 5.41) is 7.49. The first kappa shape index (κ1) is 18.3. The molecule has 0 fully saturated rings. The highest BCUT2D eigenvalue weighted by Crippen LogP contribution is 2.16. The molecule has 3 aromatic rings. The van der Waals surface area contributed by atoms with Crippen LogP contribution in [0.5, 0.6) is 0 Å². The molecule has 0 spiro atoms. The Hall–Kier alpha value is -3.48. The van der Waals surface area contributed by atoms with Crippen molar-refractivity contribution >= 4 is 28.3 Å². The molecule has 7 nitrogen and oxygen atoms in total. The van der Waals surface area contributed by atoms with Gasteiger partial charge in [0.1, 0.15) is 0 Å². The van der Waals surface area contributed by atoms with E-state index in [0.717, 1.165) is 10.2 Å². The monoisotopic (exact) mass is 365 g/mol. The first-order chi connectivity index (χ1) is 12.9. The topological polar surface area (TPSA) is 90.3 Å². The van der Waals surface area contributed by atoms with Gasteiger partial charge in [0.2, 0.25) is 0 Å². The van der Waals surface area contributed by atoms with Gasteiger partial charge in [-0.3, -0.25) is 9.59 Å². The van der Waals surface area contributed by atoms with E-state index < -0.39 is 18.0 Å². The Balaban J connectivity index is 1.82. The van der Waals surface area contributed by atoms with Gasteiger partial charge >= 0.3 is 5.97 Å². The third-order valence-corrected chi connectivity index (χ3v) is 4.21. The van der Waals surface area contributed by atoms with Crippen molar-refractivity contribution in [1.82, 2.24) is 9.78 Å². The summed E-state index contributed by atoms with van der Waals surface area (Å²) in [4.78, 5) is 37.1. The summed E-state index contributed by atoms with van der Waals surface area (Å²) in [7, 11) is 1.46. The number of aryl methyl sites for hydroxylation is 2. The number of fused-ring (bicyclic) bond motifs is 1. The number of carbonyl (C=O) groups is 2. The van der Waals surface area contributed by atoms with Crippen molar-refractivity contribution < 1.29 is 14.3 Å². The van der Waals surface area contributed by atoms with Crippen LogP contribution in [0.2, 0.25) is 0 Å². The van der Waals surface area contributed by atoms with Crippen molar-refractivity contribution in [2.24, 2.45) is 7.05 Å². The lowest BCUT2D eigenvalue weighted by atomic mass is 10.1. The zero-order valence-electron chi connectivity index (χ0n) is 15.2. The van der Waals surface area contributed by atoms with Gasteiger partial charge in [0.15, 0.2) is 11.8 Å². The number of anilines is 1. The fourth-order valence-corrected chi connectivity index (χ4v) is 2.67. The van der Waals surface area contributed by atoms with Gasteiger partial charge in [-0.15, -0.1) is 0 Å². The van der Waals surface area contributed by atoms with Gasteiger partial charge in [-0.2, -0.15) is 5.10 Å². The molecule has 1 N–H and O–H groups in total. The van der Waals surface area contributed by atoms with E-state index in [1.54, 1.807) is 36.4 Å². The smallest absolute Gasteiger partial charge is 0.360 e. The number of amides is 1. The van der Waals surface area contributed by atoms with Gasteiger partial charge < -0.3 is 10.1 Å². The molecule has 0 bridgehead atoms. The van der Waals surface area contributed by atoms with Crippen LogP contribution in [0.3, 0.4) is 0 Å². The second-order valence-corrected chi connectivity index (χ2v) is 6.17. The lowest BCUT2D eigenvalue weighted by Gasteiger charge is -2.15. The van der Waals surface area contributed by atoms with Crippen molar-refractivity contribution in [3.8, 4) is 0 Å². The third-order valence-electron chi connectivity index (χ3n) is 4.21. The largest absolute Gasteiger partial charge is 0.448 e. The molecule has 0 saturated carbocycles. The molecule has 1 atom stereocenters. The number of aromatic nitrogens is 2. The highest BCUT2D eigenvalue weighted by molar-refractivity contribution is 6.03. The van der Waals surface area contributed by atoms with Crippen molar-refractivity contribution in [2.45, 2.75) is 20.0 Å². The van der Waals surface area contributed by atoms with Gasteiger partial charge in [-0.05, 0) is 31.5 Å². The van der Waals surface area contributed by atoms with Gasteiger partial charge in [0.05, 0.1) is 5.39 Å². The zero-order valence-corrected chi connectivity index (χ0v) is 15.2. The molecule has 0 aliphatic rings. The highest BCUT2D eigenvalue weighted by atomic mass is 16.5. The molecule has 1 heterocycles. The Morgan fingerprint density at radius 2 is 1.70 bits per heavy atom. The molecule has 138 valence electrons. The van der Waals surface area contributed by atoms with Crippen LogP contribution in [0.4, 0.5) is 5.69 Å². The van der Waals surface area contributed by atoms with E-state index in [9.17, 15) is 14.4 Å². The van der Waals surface area contributed by atoms with Crippen LogP contribution in [-0.2, 0) is 16.6 Å². The quantitative estimate of drug-likeness (QED) is 0.717. The van der Waals surface area contributed by atoms with Gasteiger partial charge in [0.25, 0.3) is 11.5 Å². The zero-order chi connectivity index (χ0) is 19.6. The number of hydrogen-bond acceptors (Lipinski definition) is 5. The highest BCUT2D eigenvalue weighted by Gasteiger charge is 2.23. The fraction of sp³-hybridized carbons (Fsp3) is 0.200. The molecule has 0 aliphatic heterocycles. The second-order valence-electron chi connectivity index (χ2n) is 6.17. The number of hydrogen-bond donors (Lipinski definition) is 1. The minimum absolute atomic E-state index is 0.0109. The van der Waals surface area contributed by atoms with Crippen molar-refractivity contribution in [3.05, 3.63) is 70.1 Å². The predicted molar refractivity (Wildman–Crippen MR) is 102 cm³/mol. The fourth-order valence-electron chi connectivity index (χ4n) is 2.67. The van der Waals surface area contributed by atoms with Crippen LogP contribution in [-0.4, -0.2) is 27.8 Å². The van der Waals surface area contributed by atoms with Crippen LogP contribution < -0.4 is 10.9 Å². The second kappa shape index (κ2) is 7.41. The summed E-state index contributed by atoms with van der Waals surface area (Å²) < 4.78 is 6.36. The molecule has 0 radical (unpaired) electrons. The number of esters is 1. The lowest BCUT2D eigenvalue weighted by Crippen LogP contribution is -2.31. The minimum atomic E-state index is -1.03. The Kier molecular flexibility index (Phi) is 5.03. The van der Waals surface area contributed by atoms with E-state index in [-0.39, 0.29) is 11.3 Å². The number of carbonyl (C=O) groups excluding carboxylic acids is 2. The van der Waals surface area contributed by atoms with Gasteiger partial charge in [0, 0.05) is 18.1 Å². The molecule has 2 aromatic carbocycles. The van der Waals surface area contributed by atoms with E-state index in [1.807, 2.05) is 19.1 Å². The Morgan fingerprint density at radius 1 is 1.07 bits per heavy atom. The summed E-state index contributed by atoms with van der Waals surface area (Å²) in [6.45, 7) is 3.35.